The minimum atomic E-state index is -0.707. The molecule has 0 aliphatic rings. The summed E-state index contributed by atoms with van der Waals surface area (Å²) < 4.78 is 18.7. The van der Waals surface area contributed by atoms with Crippen molar-refractivity contribution in [3.63, 3.8) is 0 Å². The molecular weight excluding hydrogens is 421 g/mol. The minimum absolute atomic E-state index is 0.0414. The van der Waals surface area contributed by atoms with Crippen LogP contribution in [0.15, 0.2) is 82.0 Å². The van der Waals surface area contributed by atoms with Gasteiger partial charge in [-0.1, -0.05) is 54.1 Å². The Morgan fingerprint density at radius 3 is 2.45 bits per heavy atom. The zero-order valence-electron chi connectivity index (χ0n) is 16.1. The molecule has 4 aromatic rings. The molecule has 0 bridgehead atoms. The molecule has 0 radical (unpaired) electrons. The van der Waals surface area contributed by atoms with Crippen molar-refractivity contribution in [2.24, 2.45) is 0 Å². The first-order valence-electron chi connectivity index (χ1n) is 9.38. The molecule has 0 saturated heterocycles. The number of benzene rings is 3. The number of halogens is 2. The third-order valence-electron chi connectivity index (χ3n) is 4.54. The Hall–Kier alpha value is -3.84. The lowest BCUT2D eigenvalue weighted by molar-refractivity contribution is 0.262. The van der Waals surface area contributed by atoms with E-state index in [1.54, 1.807) is 24.3 Å². The monoisotopic (exact) mass is 437 g/mol. The van der Waals surface area contributed by atoms with Gasteiger partial charge >= 0.3 is 11.7 Å². The van der Waals surface area contributed by atoms with Gasteiger partial charge in [0.05, 0.1) is 10.7 Å². The number of anilines is 3. The fourth-order valence-electron chi connectivity index (χ4n) is 3.08. The molecule has 0 aliphatic heterocycles. The molecule has 0 unspecified atom stereocenters. The van der Waals surface area contributed by atoms with Crippen LogP contribution in [0, 0.1) is 5.82 Å². The van der Waals surface area contributed by atoms with Gasteiger partial charge in [-0.05, 0) is 35.9 Å². The standard InChI is InChI=1S/C23H17ClFN3O3/c24-17-12-15(10-11-18(17)25)27-23(30)28-21-20(26-13-14-6-2-1-3-7-14)16-8-4-5-9-19(16)31-22(21)29/h1-12,26H,13H2,(H2,27,28,30). The number of hydrogen-bond donors (Lipinski definition) is 3. The van der Waals surface area contributed by atoms with Crippen LogP contribution in [-0.4, -0.2) is 6.03 Å². The summed E-state index contributed by atoms with van der Waals surface area (Å²) >= 11 is 5.75. The van der Waals surface area contributed by atoms with Gasteiger partial charge in [-0.15, -0.1) is 0 Å². The summed E-state index contributed by atoms with van der Waals surface area (Å²) in [6, 6.07) is 19.7. The van der Waals surface area contributed by atoms with Gasteiger partial charge in [0.15, 0.2) is 5.69 Å². The third-order valence-corrected chi connectivity index (χ3v) is 4.83. The van der Waals surface area contributed by atoms with Crippen molar-refractivity contribution >= 4 is 45.7 Å². The number of nitrogens with one attached hydrogen (secondary N) is 3. The van der Waals surface area contributed by atoms with E-state index >= 15 is 0 Å². The number of rotatable bonds is 5. The highest BCUT2D eigenvalue weighted by molar-refractivity contribution is 6.31. The van der Waals surface area contributed by atoms with Crippen LogP contribution < -0.4 is 21.6 Å². The topological polar surface area (TPSA) is 83.4 Å². The summed E-state index contributed by atoms with van der Waals surface area (Å²) in [5.41, 5.74) is 1.34. The summed E-state index contributed by atoms with van der Waals surface area (Å²) in [5, 5.41) is 8.79. The predicted molar refractivity (Wildman–Crippen MR) is 120 cm³/mol. The van der Waals surface area contributed by atoms with Crippen molar-refractivity contribution < 1.29 is 13.6 Å². The molecule has 3 N–H and O–H groups in total. The molecule has 0 fully saturated rings. The van der Waals surface area contributed by atoms with E-state index in [4.69, 9.17) is 16.0 Å². The summed E-state index contributed by atoms with van der Waals surface area (Å²) in [4.78, 5) is 25.2. The molecule has 31 heavy (non-hydrogen) atoms. The predicted octanol–water partition coefficient (Wildman–Crippen LogP) is 5.84. The molecule has 0 aliphatic carbocycles. The Balaban J connectivity index is 1.65. The Kier molecular flexibility index (Phi) is 5.86. The van der Waals surface area contributed by atoms with E-state index in [1.165, 1.54) is 12.1 Å². The molecule has 3 aromatic carbocycles. The number of amides is 2. The first-order valence-corrected chi connectivity index (χ1v) is 9.76. The van der Waals surface area contributed by atoms with Crippen LogP contribution in [0.5, 0.6) is 0 Å². The molecule has 0 saturated carbocycles. The number of fused-ring (bicyclic) bond motifs is 1. The summed E-state index contributed by atoms with van der Waals surface area (Å²) in [7, 11) is 0. The highest BCUT2D eigenvalue weighted by atomic mass is 35.5. The maximum absolute atomic E-state index is 13.3. The smallest absolute Gasteiger partial charge is 0.362 e. The molecule has 156 valence electrons. The number of hydrogen-bond acceptors (Lipinski definition) is 4. The van der Waals surface area contributed by atoms with E-state index in [1.807, 2.05) is 30.3 Å². The molecule has 0 atom stereocenters. The fourth-order valence-corrected chi connectivity index (χ4v) is 3.26. The van der Waals surface area contributed by atoms with Gasteiger partial charge in [-0.25, -0.2) is 14.0 Å². The van der Waals surface area contributed by atoms with Gasteiger partial charge in [0.25, 0.3) is 0 Å². The van der Waals surface area contributed by atoms with Gasteiger partial charge in [0.2, 0.25) is 0 Å². The largest absolute Gasteiger partial charge is 0.421 e. The average molecular weight is 438 g/mol. The maximum atomic E-state index is 13.3. The molecule has 1 heterocycles. The van der Waals surface area contributed by atoms with Crippen LogP contribution in [0.25, 0.3) is 11.0 Å². The molecular formula is C23H17ClFN3O3. The highest BCUT2D eigenvalue weighted by Crippen LogP contribution is 2.29. The molecule has 0 spiro atoms. The zero-order chi connectivity index (χ0) is 21.8. The van der Waals surface area contributed by atoms with Crippen LogP contribution >= 0.6 is 11.6 Å². The van der Waals surface area contributed by atoms with Gasteiger partial charge in [-0.3, -0.25) is 5.32 Å². The molecule has 2 amide bonds. The minimum Gasteiger partial charge on any atom is -0.421 e. The van der Waals surface area contributed by atoms with Crippen molar-refractivity contribution in [3.8, 4) is 0 Å². The lowest BCUT2D eigenvalue weighted by atomic mass is 10.1. The van der Waals surface area contributed by atoms with Crippen molar-refractivity contribution in [2.75, 3.05) is 16.0 Å². The summed E-state index contributed by atoms with van der Waals surface area (Å²) in [6.45, 7) is 0.429. The van der Waals surface area contributed by atoms with Crippen LogP contribution in [0.2, 0.25) is 5.02 Å². The van der Waals surface area contributed by atoms with Gasteiger partial charge in [0, 0.05) is 17.6 Å². The lowest BCUT2D eigenvalue weighted by Gasteiger charge is -2.15. The Morgan fingerprint density at radius 1 is 0.935 bits per heavy atom. The van der Waals surface area contributed by atoms with E-state index in [-0.39, 0.29) is 16.4 Å². The van der Waals surface area contributed by atoms with Gasteiger partial charge in [0.1, 0.15) is 11.4 Å². The van der Waals surface area contributed by atoms with Gasteiger partial charge in [-0.2, -0.15) is 0 Å². The Bertz CT molecular complexity index is 1310. The average Bonchev–Trinajstić information content (AvgIpc) is 2.77. The highest BCUT2D eigenvalue weighted by Gasteiger charge is 2.17. The number of urea groups is 1. The van der Waals surface area contributed by atoms with E-state index in [2.05, 4.69) is 16.0 Å². The van der Waals surface area contributed by atoms with Crippen molar-refractivity contribution in [1.82, 2.24) is 0 Å². The van der Waals surface area contributed by atoms with Crippen molar-refractivity contribution in [2.45, 2.75) is 6.54 Å². The number of carbonyl (C=O) groups excluding carboxylic acids is 1. The second kappa shape index (κ2) is 8.89. The molecule has 8 heteroatoms. The third kappa shape index (κ3) is 4.67. The molecule has 1 aromatic heterocycles. The first kappa shape index (κ1) is 20.4. The first-order chi connectivity index (χ1) is 15.0. The van der Waals surface area contributed by atoms with E-state index in [9.17, 15) is 14.0 Å². The quantitative estimate of drug-likeness (QED) is 0.342. The van der Waals surface area contributed by atoms with Crippen LogP contribution in [0.1, 0.15) is 5.56 Å². The van der Waals surface area contributed by atoms with E-state index in [0.717, 1.165) is 11.6 Å². The van der Waals surface area contributed by atoms with Crippen molar-refractivity contribution in [3.05, 3.63) is 99.6 Å². The second-order valence-corrected chi connectivity index (χ2v) is 7.09. The fraction of sp³-hybridized carbons (Fsp3) is 0.0435. The molecule has 6 nitrogen and oxygen atoms in total. The molecule has 4 rings (SSSR count). The van der Waals surface area contributed by atoms with Crippen LogP contribution in [-0.2, 0) is 6.54 Å². The summed E-state index contributed by atoms with van der Waals surface area (Å²) in [6.07, 6.45) is 0. The zero-order valence-corrected chi connectivity index (χ0v) is 16.9. The Morgan fingerprint density at radius 2 is 1.68 bits per heavy atom. The van der Waals surface area contributed by atoms with Crippen LogP contribution in [0.3, 0.4) is 0 Å². The Labute approximate surface area is 181 Å². The van der Waals surface area contributed by atoms with E-state index in [0.29, 0.717) is 23.2 Å². The second-order valence-electron chi connectivity index (χ2n) is 6.68. The van der Waals surface area contributed by atoms with Crippen molar-refractivity contribution in [1.29, 1.82) is 0 Å². The normalized spacial score (nSPS) is 10.6. The lowest BCUT2D eigenvalue weighted by Crippen LogP contribution is -2.24. The van der Waals surface area contributed by atoms with Crippen LogP contribution in [0.4, 0.5) is 26.2 Å². The SMILES string of the molecule is O=C(Nc1ccc(F)c(Cl)c1)Nc1c(NCc2ccccc2)c2ccccc2oc1=O. The maximum Gasteiger partial charge on any atom is 0.362 e. The summed E-state index contributed by atoms with van der Waals surface area (Å²) in [5.74, 6) is -0.602. The van der Waals surface area contributed by atoms with Gasteiger partial charge < -0.3 is 15.1 Å². The number of para-hydroxylation sites is 1. The van der Waals surface area contributed by atoms with E-state index < -0.39 is 17.5 Å². The number of carbonyl (C=O) groups is 1.